The molecule has 3 aromatic carbocycles. The highest BCUT2D eigenvalue weighted by Crippen LogP contribution is 2.37. The molecule has 4 rings (SSSR count). The minimum atomic E-state index is -4.78. The van der Waals surface area contributed by atoms with Crippen LogP contribution in [0.15, 0.2) is 59.8 Å². The number of alkyl halides is 3. The molecule has 4 aromatic rings. The van der Waals surface area contributed by atoms with Gasteiger partial charge in [-0.15, -0.1) is 0 Å². The Morgan fingerprint density at radius 2 is 1.70 bits per heavy atom. The van der Waals surface area contributed by atoms with Crippen LogP contribution in [0.5, 0.6) is 23.0 Å². The molecule has 1 heterocycles. The van der Waals surface area contributed by atoms with E-state index >= 15 is 8.78 Å². The maximum atomic E-state index is 15.3. The summed E-state index contributed by atoms with van der Waals surface area (Å²) in [5.74, 6) is -2.84. The minimum absolute atomic E-state index is 0.0279. The fourth-order valence-corrected chi connectivity index (χ4v) is 6.27. The lowest BCUT2D eigenvalue weighted by Crippen LogP contribution is -2.31. The summed E-state index contributed by atoms with van der Waals surface area (Å²) in [6, 6.07) is 8.01. The van der Waals surface area contributed by atoms with Crippen molar-refractivity contribution in [1.29, 1.82) is 0 Å². The SMILES string of the molecule is COc1ccc(CN(c2ncns2)S(=O)(=O)c2cc(F)c(Oc3ccc(C(F)(F)F)cc3I)cc2F)c(OC)c1. The quantitative estimate of drug-likeness (QED) is 0.142. The first-order chi connectivity index (χ1) is 18.8. The average molecular weight is 713 g/mol. The lowest BCUT2D eigenvalue weighted by molar-refractivity contribution is -0.137. The van der Waals surface area contributed by atoms with Crippen molar-refractivity contribution >= 4 is 49.3 Å². The van der Waals surface area contributed by atoms with E-state index in [1.807, 2.05) is 0 Å². The van der Waals surface area contributed by atoms with E-state index in [4.69, 9.17) is 14.2 Å². The first-order valence-corrected chi connectivity index (χ1v) is 14.2. The fourth-order valence-electron chi connectivity index (χ4n) is 3.45. The van der Waals surface area contributed by atoms with Crippen LogP contribution in [-0.2, 0) is 22.7 Å². The summed E-state index contributed by atoms with van der Waals surface area (Å²) < 4.78 is 117. The number of hydrogen-bond acceptors (Lipinski definition) is 8. The largest absolute Gasteiger partial charge is 0.497 e. The van der Waals surface area contributed by atoms with Gasteiger partial charge in [0.2, 0.25) is 5.13 Å². The van der Waals surface area contributed by atoms with Gasteiger partial charge < -0.3 is 14.2 Å². The van der Waals surface area contributed by atoms with Gasteiger partial charge in [0.1, 0.15) is 34.3 Å². The maximum Gasteiger partial charge on any atom is 0.416 e. The van der Waals surface area contributed by atoms with Gasteiger partial charge in [-0.25, -0.2) is 26.5 Å². The number of anilines is 1. The van der Waals surface area contributed by atoms with E-state index in [0.717, 1.165) is 28.8 Å². The molecule has 0 unspecified atom stereocenters. The Hall–Kier alpha value is -3.25. The number of sulfonamides is 1. The molecule has 0 spiro atoms. The van der Waals surface area contributed by atoms with Crippen LogP contribution in [0, 0.1) is 15.2 Å². The molecule has 0 aliphatic rings. The molecule has 8 nitrogen and oxygen atoms in total. The summed E-state index contributed by atoms with van der Waals surface area (Å²) in [5, 5.41) is -0.127. The van der Waals surface area contributed by atoms with E-state index < -0.39 is 44.0 Å². The van der Waals surface area contributed by atoms with Crippen molar-refractivity contribution in [1.82, 2.24) is 9.36 Å². The molecule has 0 aliphatic carbocycles. The molecular weight excluding hydrogens is 696 g/mol. The lowest BCUT2D eigenvalue weighted by Gasteiger charge is -2.23. The smallest absolute Gasteiger partial charge is 0.416 e. The third-order valence-electron chi connectivity index (χ3n) is 5.40. The highest BCUT2D eigenvalue weighted by Gasteiger charge is 2.33. The molecule has 16 heteroatoms. The maximum absolute atomic E-state index is 15.3. The zero-order valence-corrected chi connectivity index (χ0v) is 24.2. The van der Waals surface area contributed by atoms with E-state index in [1.165, 1.54) is 20.3 Å². The van der Waals surface area contributed by atoms with E-state index in [-0.39, 0.29) is 26.7 Å². The summed E-state index contributed by atoms with van der Waals surface area (Å²) in [7, 11) is -1.97. The number of rotatable bonds is 9. The molecule has 40 heavy (non-hydrogen) atoms. The Labute approximate surface area is 242 Å². The number of aromatic nitrogens is 2. The number of benzene rings is 3. The van der Waals surface area contributed by atoms with E-state index in [0.29, 0.717) is 35.0 Å². The molecule has 212 valence electrons. The molecule has 0 bridgehead atoms. The van der Waals surface area contributed by atoms with Crippen LogP contribution in [0.3, 0.4) is 0 Å². The van der Waals surface area contributed by atoms with Crippen LogP contribution in [-0.4, -0.2) is 32.0 Å². The second-order valence-electron chi connectivity index (χ2n) is 7.87. The molecule has 0 amide bonds. The van der Waals surface area contributed by atoms with Gasteiger partial charge in [0.05, 0.1) is 29.9 Å². The molecule has 0 saturated heterocycles. The van der Waals surface area contributed by atoms with Crippen molar-refractivity contribution in [2.75, 3.05) is 18.5 Å². The lowest BCUT2D eigenvalue weighted by atomic mass is 10.2. The van der Waals surface area contributed by atoms with Crippen LogP contribution in [0.2, 0.25) is 0 Å². The van der Waals surface area contributed by atoms with Crippen molar-refractivity contribution in [2.45, 2.75) is 17.6 Å². The molecule has 1 aromatic heterocycles. The van der Waals surface area contributed by atoms with Gasteiger partial charge in [-0.3, -0.25) is 0 Å². The van der Waals surface area contributed by atoms with Gasteiger partial charge in [-0.2, -0.15) is 17.5 Å². The average Bonchev–Trinajstić information content (AvgIpc) is 3.43. The summed E-state index contributed by atoms with van der Waals surface area (Å²) in [6.45, 7) is -0.381. The third-order valence-corrected chi connectivity index (χ3v) is 8.80. The molecule has 0 atom stereocenters. The zero-order valence-electron chi connectivity index (χ0n) is 20.4. The first kappa shape index (κ1) is 29.7. The Kier molecular flexibility index (Phi) is 8.69. The van der Waals surface area contributed by atoms with Gasteiger partial charge in [-0.05, 0) is 52.9 Å². The molecule has 0 N–H and O–H groups in total. The zero-order chi connectivity index (χ0) is 29.2. The van der Waals surface area contributed by atoms with Gasteiger partial charge in [0.25, 0.3) is 10.0 Å². The second-order valence-corrected chi connectivity index (χ2v) is 11.6. The van der Waals surface area contributed by atoms with E-state index in [1.54, 1.807) is 34.7 Å². The van der Waals surface area contributed by atoms with Crippen molar-refractivity contribution in [2.24, 2.45) is 0 Å². The molecule has 0 fully saturated rings. The summed E-state index contributed by atoms with van der Waals surface area (Å²) in [6.07, 6.45) is -3.51. The van der Waals surface area contributed by atoms with Crippen LogP contribution in [0.25, 0.3) is 0 Å². The summed E-state index contributed by atoms with van der Waals surface area (Å²) in [4.78, 5) is 2.89. The molecule has 0 radical (unpaired) electrons. The second kappa shape index (κ2) is 11.7. The molecule has 0 aliphatic heterocycles. The number of halogens is 6. The van der Waals surface area contributed by atoms with Crippen LogP contribution in [0.1, 0.15) is 11.1 Å². The summed E-state index contributed by atoms with van der Waals surface area (Å²) >= 11 is 2.26. The third kappa shape index (κ3) is 6.22. The van der Waals surface area contributed by atoms with Gasteiger partial charge in [-0.1, -0.05) is 0 Å². The van der Waals surface area contributed by atoms with Crippen molar-refractivity contribution < 1.29 is 44.6 Å². The van der Waals surface area contributed by atoms with Gasteiger partial charge in [0, 0.05) is 35.3 Å². The summed E-state index contributed by atoms with van der Waals surface area (Å²) in [5.41, 5.74) is -0.595. The standard InChI is InChI=1S/C24H17F5IN3O5S2/c1-36-15-5-3-13(20(8-15)37-2)11-33(23-31-12-32-39-23)40(34,35)22-10-16(25)21(9-17(22)26)38-19-6-4-14(7-18(19)30)24(27,28)29/h3-10,12H,11H2,1-2H3. The Bertz CT molecular complexity index is 1640. The first-order valence-electron chi connectivity index (χ1n) is 10.9. The van der Waals surface area contributed by atoms with E-state index in [9.17, 15) is 21.6 Å². The van der Waals surface area contributed by atoms with E-state index in [2.05, 4.69) is 9.36 Å². The topological polar surface area (TPSA) is 90.9 Å². The Balaban J connectivity index is 1.71. The number of nitrogens with zero attached hydrogens (tertiary/aromatic N) is 3. The Morgan fingerprint density at radius 3 is 2.30 bits per heavy atom. The van der Waals surface area contributed by atoms with Crippen LogP contribution >= 0.6 is 34.1 Å². The minimum Gasteiger partial charge on any atom is -0.497 e. The predicted molar refractivity (Wildman–Crippen MR) is 143 cm³/mol. The monoisotopic (exact) mass is 713 g/mol. The number of ether oxygens (including phenoxy) is 3. The Morgan fingerprint density at radius 1 is 0.950 bits per heavy atom. The van der Waals surface area contributed by atoms with Gasteiger partial charge >= 0.3 is 6.18 Å². The van der Waals surface area contributed by atoms with Crippen molar-refractivity contribution in [3.8, 4) is 23.0 Å². The number of methoxy groups -OCH3 is 2. The molecule has 0 saturated carbocycles. The van der Waals surface area contributed by atoms with Crippen molar-refractivity contribution in [3.05, 3.63) is 81.2 Å². The van der Waals surface area contributed by atoms with Crippen LogP contribution in [0.4, 0.5) is 27.1 Å². The molecular formula is C24H17F5IN3O5S2. The predicted octanol–water partition coefficient (Wildman–Crippen LogP) is 6.64. The van der Waals surface area contributed by atoms with Crippen molar-refractivity contribution in [3.63, 3.8) is 0 Å². The van der Waals surface area contributed by atoms with Gasteiger partial charge in [0.15, 0.2) is 11.6 Å². The fraction of sp³-hybridized carbons (Fsp3) is 0.167. The normalized spacial score (nSPS) is 11.8. The highest BCUT2D eigenvalue weighted by molar-refractivity contribution is 14.1. The number of hydrogen-bond donors (Lipinski definition) is 0. The van der Waals surface area contributed by atoms with Crippen LogP contribution < -0.4 is 18.5 Å². The highest BCUT2D eigenvalue weighted by atomic mass is 127.